The molecule has 0 unspecified atom stereocenters. The molecule has 76 valence electrons. The summed E-state index contributed by atoms with van der Waals surface area (Å²) in [6, 6.07) is 9.40. The summed E-state index contributed by atoms with van der Waals surface area (Å²) in [5.74, 6) is 0.156. The average Bonchev–Trinajstić information content (AvgIpc) is 2.17. The quantitative estimate of drug-likeness (QED) is 0.683. The maximum absolute atomic E-state index is 12.1. The zero-order chi connectivity index (χ0) is 10.8. The fourth-order valence-electron chi connectivity index (χ4n) is 1.15. The fourth-order valence-corrected chi connectivity index (χ4v) is 1.15. The van der Waals surface area contributed by atoms with Gasteiger partial charge in [-0.25, -0.2) is 0 Å². The summed E-state index contributed by atoms with van der Waals surface area (Å²) in [4.78, 5) is 14.0. The van der Waals surface area contributed by atoms with E-state index in [1.807, 2.05) is 63.2 Å². The maximum atomic E-state index is 12.1. The lowest BCUT2D eigenvalue weighted by molar-refractivity contribution is 0.0755. The highest BCUT2D eigenvalue weighted by Gasteiger charge is 2.30. The van der Waals surface area contributed by atoms with Crippen molar-refractivity contribution >= 4 is 5.78 Å². The molecule has 0 fully saturated rings. The van der Waals surface area contributed by atoms with Crippen LogP contribution in [-0.4, -0.2) is 30.3 Å². The van der Waals surface area contributed by atoms with E-state index in [1.54, 1.807) is 0 Å². The van der Waals surface area contributed by atoms with Crippen molar-refractivity contribution < 1.29 is 4.79 Å². The van der Waals surface area contributed by atoms with Gasteiger partial charge in [0.15, 0.2) is 5.78 Å². The summed E-state index contributed by atoms with van der Waals surface area (Å²) in [5, 5.41) is 0. The lowest BCUT2D eigenvalue weighted by atomic mass is 9.92. The first-order valence-corrected chi connectivity index (χ1v) is 4.73. The number of carbonyl (C=O) groups is 1. The Labute approximate surface area is 85.5 Å². The molecule has 0 heterocycles. The molecule has 0 spiro atoms. The number of carbonyl (C=O) groups excluding carboxylic acids is 1. The Morgan fingerprint density at radius 2 is 1.64 bits per heavy atom. The van der Waals surface area contributed by atoms with Crippen LogP contribution in [0.2, 0.25) is 0 Å². The predicted octanol–water partition coefficient (Wildman–Crippen LogP) is 2.21. The van der Waals surface area contributed by atoms with Crippen LogP contribution in [0.3, 0.4) is 0 Å². The average molecular weight is 191 g/mol. The zero-order valence-electron chi connectivity index (χ0n) is 9.24. The molecule has 1 rings (SSSR count). The van der Waals surface area contributed by atoms with Gasteiger partial charge in [-0.05, 0) is 27.9 Å². The molecule has 0 saturated heterocycles. The van der Waals surface area contributed by atoms with E-state index in [-0.39, 0.29) is 5.78 Å². The summed E-state index contributed by atoms with van der Waals surface area (Å²) in [6.07, 6.45) is 0. The summed E-state index contributed by atoms with van der Waals surface area (Å²) in [5.41, 5.74) is 0.327. The normalized spacial score (nSPS) is 11.8. The number of Topliss-reactive ketones (excluding diaryl/α,β-unsaturated/α-hetero) is 1. The van der Waals surface area contributed by atoms with Gasteiger partial charge < -0.3 is 0 Å². The zero-order valence-corrected chi connectivity index (χ0v) is 9.24. The Kier molecular flexibility index (Phi) is 3.06. The van der Waals surface area contributed by atoms with Gasteiger partial charge in [-0.2, -0.15) is 0 Å². The molecule has 2 heteroatoms. The minimum absolute atomic E-state index is 0.156. The molecule has 0 N–H and O–H groups in total. The molecule has 0 amide bonds. The highest BCUT2D eigenvalue weighted by molar-refractivity contribution is 6.02. The van der Waals surface area contributed by atoms with Gasteiger partial charge in [0.25, 0.3) is 0 Å². The van der Waals surface area contributed by atoms with Gasteiger partial charge in [0.2, 0.25) is 0 Å². The third kappa shape index (κ3) is 2.02. The molecular formula is C12H17NO. The van der Waals surface area contributed by atoms with E-state index >= 15 is 0 Å². The Balaban J connectivity index is 2.97. The molecule has 0 aliphatic carbocycles. The number of benzene rings is 1. The largest absolute Gasteiger partial charge is 0.297 e. The van der Waals surface area contributed by atoms with Gasteiger partial charge in [0, 0.05) is 5.56 Å². The van der Waals surface area contributed by atoms with E-state index in [9.17, 15) is 4.79 Å². The molecule has 0 atom stereocenters. The number of hydrogen-bond acceptors (Lipinski definition) is 2. The molecule has 14 heavy (non-hydrogen) atoms. The van der Waals surface area contributed by atoms with Crippen molar-refractivity contribution in [3.8, 4) is 0 Å². The number of ketones is 1. The number of rotatable bonds is 3. The van der Waals surface area contributed by atoms with Crippen molar-refractivity contribution in [2.24, 2.45) is 0 Å². The van der Waals surface area contributed by atoms with Crippen LogP contribution in [0.5, 0.6) is 0 Å². The molecule has 1 aromatic rings. The van der Waals surface area contributed by atoms with Gasteiger partial charge in [0.1, 0.15) is 0 Å². The second-order valence-corrected chi connectivity index (χ2v) is 4.15. The minimum Gasteiger partial charge on any atom is -0.297 e. The SMILES string of the molecule is CN(C)C(C)(C)C(=O)c1ccccc1. The molecule has 2 nitrogen and oxygen atoms in total. The molecule has 1 aromatic carbocycles. The van der Waals surface area contributed by atoms with Crippen molar-refractivity contribution in [3.05, 3.63) is 35.9 Å². The third-order valence-electron chi connectivity index (χ3n) is 2.71. The van der Waals surface area contributed by atoms with E-state index in [0.29, 0.717) is 0 Å². The van der Waals surface area contributed by atoms with Crippen molar-refractivity contribution in [3.63, 3.8) is 0 Å². The first-order valence-electron chi connectivity index (χ1n) is 4.73. The summed E-state index contributed by atoms with van der Waals surface area (Å²) in [6.45, 7) is 3.87. The molecule has 0 radical (unpaired) electrons. The van der Waals surface area contributed by atoms with Crippen LogP contribution in [0.25, 0.3) is 0 Å². The fraction of sp³-hybridized carbons (Fsp3) is 0.417. The Morgan fingerprint density at radius 1 is 1.14 bits per heavy atom. The molecule has 0 aromatic heterocycles. The lowest BCUT2D eigenvalue weighted by Gasteiger charge is -2.30. The number of nitrogens with zero attached hydrogens (tertiary/aromatic N) is 1. The van der Waals surface area contributed by atoms with E-state index in [1.165, 1.54) is 0 Å². The second-order valence-electron chi connectivity index (χ2n) is 4.15. The first kappa shape index (κ1) is 10.9. The van der Waals surface area contributed by atoms with E-state index < -0.39 is 5.54 Å². The second kappa shape index (κ2) is 3.93. The third-order valence-corrected chi connectivity index (χ3v) is 2.71. The van der Waals surface area contributed by atoms with Gasteiger partial charge in [-0.1, -0.05) is 30.3 Å². The van der Waals surface area contributed by atoms with Crippen LogP contribution in [-0.2, 0) is 0 Å². The molecule has 0 bridgehead atoms. The molecule has 0 aliphatic rings. The minimum atomic E-state index is -0.443. The highest BCUT2D eigenvalue weighted by Crippen LogP contribution is 2.17. The van der Waals surface area contributed by atoms with Crippen LogP contribution < -0.4 is 0 Å². The van der Waals surface area contributed by atoms with Crippen molar-refractivity contribution in [2.45, 2.75) is 19.4 Å². The number of hydrogen-bond donors (Lipinski definition) is 0. The summed E-state index contributed by atoms with van der Waals surface area (Å²) >= 11 is 0. The lowest BCUT2D eigenvalue weighted by Crippen LogP contribution is -2.45. The van der Waals surface area contributed by atoms with Gasteiger partial charge in [-0.3, -0.25) is 9.69 Å². The van der Waals surface area contributed by atoms with E-state index in [0.717, 1.165) is 5.56 Å². The monoisotopic (exact) mass is 191 g/mol. The Morgan fingerprint density at radius 3 is 2.07 bits per heavy atom. The molecule has 0 aliphatic heterocycles. The molecule has 0 saturated carbocycles. The van der Waals surface area contributed by atoms with Gasteiger partial charge >= 0.3 is 0 Å². The van der Waals surface area contributed by atoms with Crippen LogP contribution in [0.1, 0.15) is 24.2 Å². The van der Waals surface area contributed by atoms with Gasteiger partial charge in [0.05, 0.1) is 5.54 Å². The predicted molar refractivity (Wildman–Crippen MR) is 58.5 cm³/mol. The standard InChI is InChI=1S/C12H17NO/c1-12(2,13(3)4)11(14)10-8-6-5-7-9-10/h5-9H,1-4H3. The van der Waals surface area contributed by atoms with Crippen molar-refractivity contribution in [1.82, 2.24) is 4.90 Å². The van der Waals surface area contributed by atoms with Crippen LogP contribution in [0.15, 0.2) is 30.3 Å². The Bertz CT molecular complexity index is 314. The summed E-state index contributed by atoms with van der Waals surface area (Å²) in [7, 11) is 3.84. The topological polar surface area (TPSA) is 20.3 Å². The Hall–Kier alpha value is -1.15. The maximum Gasteiger partial charge on any atom is 0.182 e. The van der Waals surface area contributed by atoms with Crippen LogP contribution in [0, 0.1) is 0 Å². The van der Waals surface area contributed by atoms with Crippen molar-refractivity contribution in [2.75, 3.05) is 14.1 Å². The number of likely N-dealkylation sites (N-methyl/N-ethyl adjacent to an activating group) is 1. The van der Waals surface area contributed by atoms with Gasteiger partial charge in [-0.15, -0.1) is 0 Å². The first-order chi connectivity index (χ1) is 6.46. The highest BCUT2D eigenvalue weighted by atomic mass is 16.1. The summed E-state index contributed by atoms with van der Waals surface area (Å²) < 4.78 is 0. The van der Waals surface area contributed by atoms with Crippen molar-refractivity contribution in [1.29, 1.82) is 0 Å². The van der Waals surface area contributed by atoms with Crippen LogP contribution in [0.4, 0.5) is 0 Å². The van der Waals surface area contributed by atoms with Crippen LogP contribution >= 0.6 is 0 Å². The van der Waals surface area contributed by atoms with E-state index in [4.69, 9.17) is 0 Å². The molecular weight excluding hydrogens is 174 g/mol. The van der Waals surface area contributed by atoms with E-state index in [2.05, 4.69) is 0 Å². The smallest absolute Gasteiger partial charge is 0.182 e.